The van der Waals surface area contributed by atoms with Crippen LogP contribution in [-0.2, 0) is 4.74 Å². The van der Waals surface area contributed by atoms with Crippen LogP contribution in [0, 0.1) is 0 Å². The Morgan fingerprint density at radius 1 is 1.25 bits per heavy atom. The Balaban J connectivity index is 2.19. The van der Waals surface area contributed by atoms with E-state index in [1.807, 2.05) is 24.3 Å². The highest BCUT2D eigenvalue weighted by Gasteiger charge is 2.01. The van der Waals surface area contributed by atoms with Gasteiger partial charge in [0.25, 0.3) is 0 Å². The third-order valence-corrected chi connectivity index (χ3v) is 2.36. The number of benzene rings is 1. The Bertz CT molecular complexity index is 302. The summed E-state index contributed by atoms with van der Waals surface area (Å²) in [4.78, 5) is 0. The van der Waals surface area contributed by atoms with E-state index in [-0.39, 0.29) is 0 Å². The lowest BCUT2D eigenvalue weighted by atomic mass is 10.2. The summed E-state index contributed by atoms with van der Waals surface area (Å²) in [6, 6.07) is 7.50. The van der Waals surface area contributed by atoms with Gasteiger partial charge in [0, 0.05) is 0 Å². The Morgan fingerprint density at radius 3 is 2.69 bits per heavy atom. The van der Waals surface area contributed by atoms with Gasteiger partial charge in [0.15, 0.2) is 0 Å². The van der Waals surface area contributed by atoms with Crippen LogP contribution in [0.15, 0.2) is 24.3 Å². The van der Waals surface area contributed by atoms with Gasteiger partial charge in [-0.2, -0.15) is 0 Å². The summed E-state index contributed by atoms with van der Waals surface area (Å²) < 4.78 is 11.1. The van der Waals surface area contributed by atoms with Crippen molar-refractivity contribution < 1.29 is 9.47 Å². The standard InChI is InChI=1S/C13H21NO2/c1-3-6-11(2)15-9-10-16-13-8-5-4-7-12(13)14/h4-5,7-8,11H,3,6,9-10,14H2,1-2H3. The van der Waals surface area contributed by atoms with E-state index in [2.05, 4.69) is 13.8 Å². The summed E-state index contributed by atoms with van der Waals surface area (Å²) in [6.45, 7) is 5.39. The summed E-state index contributed by atoms with van der Waals surface area (Å²) in [5, 5.41) is 0. The maximum atomic E-state index is 5.74. The second-order valence-electron chi connectivity index (χ2n) is 3.86. The van der Waals surface area contributed by atoms with Crippen LogP contribution in [0.4, 0.5) is 5.69 Å². The largest absolute Gasteiger partial charge is 0.489 e. The number of nitrogen functional groups attached to an aromatic ring is 1. The molecule has 90 valence electrons. The van der Waals surface area contributed by atoms with Crippen molar-refractivity contribution in [3.05, 3.63) is 24.3 Å². The SMILES string of the molecule is CCCC(C)OCCOc1ccccc1N. The Hall–Kier alpha value is -1.22. The smallest absolute Gasteiger partial charge is 0.142 e. The topological polar surface area (TPSA) is 44.5 Å². The molecule has 0 fully saturated rings. The summed E-state index contributed by atoms with van der Waals surface area (Å²) in [6.07, 6.45) is 2.54. The van der Waals surface area contributed by atoms with Crippen LogP contribution in [0.1, 0.15) is 26.7 Å². The lowest BCUT2D eigenvalue weighted by Gasteiger charge is -2.13. The monoisotopic (exact) mass is 223 g/mol. The molecule has 0 aliphatic heterocycles. The number of para-hydroxylation sites is 2. The van der Waals surface area contributed by atoms with E-state index < -0.39 is 0 Å². The normalized spacial score (nSPS) is 12.4. The van der Waals surface area contributed by atoms with Gasteiger partial charge in [-0.25, -0.2) is 0 Å². The van der Waals surface area contributed by atoms with E-state index in [0.717, 1.165) is 18.6 Å². The van der Waals surface area contributed by atoms with Crippen LogP contribution in [-0.4, -0.2) is 19.3 Å². The third-order valence-electron chi connectivity index (χ3n) is 2.36. The number of rotatable bonds is 7. The fourth-order valence-corrected chi connectivity index (χ4v) is 1.50. The number of ether oxygens (including phenoxy) is 2. The predicted molar refractivity (Wildman–Crippen MR) is 66.7 cm³/mol. The number of nitrogens with two attached hydrogens (primary N) is 1. The zero-order chi connectivity index (χ0) is 11.8. The Morgan fingerprint density at radius 2 is 2.00 bits per heavy atom. The lowest BCUT2D eigenvalue weighted by Crippen LogP contribution is -2.14. The minimum Gasteiger partial charge on any atom is -0.489 e. The maximum Gasteiger partial charge on any atom is 0.142 e. The van der Waals surface area contributed by atoms with Gasteiger partial charge in [-0.3, -0.25) is 0 Å². The molecule has 1 aromatic carbocycles. The molecule has 0 aliphatic carbocycles. The molecule has 2 N–H and O–H groups in total. The summed E-state index contributed by atoms with van der Waals surface area (Å²) in [5.41, 5.74) is 6.41. The van der Waals surface area contributed by atoms with Crippen LogP contribution in [0.25, 0.3) is 0 Å². The van der Waals surface area contributed by atoms with E-state index in [4.69, 9.17) is 15.2 Å². The molecule has 0 saturated heterocycles. The fourth-order valence-electron chi connectivity index (χ4n) is 1.50. The third kappa shape index (κ3) is 4.53. The molecule has 0 spiro atoms. The van der Waals surface area contributed by atoms with Crippen LogP contribution in [0.5, 0.6) is 5.75 Å². The van der Waals surface area contributed by atoms with Gasteiger partial charge >= 0.3 is 0 Å². The molecular weight excluding hydrogens is 202 g/mol. The first kappa shape index (κ1) is 12.8. The zero-order valence-electron chi connectivity index (χ0n) is 10.1. The highest BCUT2D eigenvalue weighted by molar-refractivity contribution is 5.51. The molecule has 0 bridgehead atoms. The quantitative estimate of drug-likeness (QED) is 0.571. The van der Waals surface area contributed by atoms with E-state index in [1.54, 1.807) is 0 Å². The van der Waals surface area contributed by atoms with E-state index in [9.17, 15) is 0 Å². The number of hydrogen-bond acceptors (Lipinski definition) is 3. The molecule has 0 aliphatic rings. The average molecular weight is 223 g/mol. The summed E-state index contributed by atoms with van der Waals surface area (Å²) in [5.74, 6) is 0.731. The van der Waals surface area contributed by atoms with Gasteiger partial charge in [-0.1, -0.05) is 25.5 Å². The maximum absolute atomic E-state index is 5.74. The Labute approximate surface area is 97.6 Å². The molecule has 0 amide bonds. The molecule has 1 atom stereocenters. The van der Waals surface area contributed by atoms with Gasteiger partial charge in [-0.05, 0) is 25.5 Å². The first-order valence-electron chi connectivity index (χ1n) is 5.83. The molecule has 0 aromatic heterocycles. The Kier molecular flexibility index (Phi) is 5.72. The van der Waals surface area contributed by atoms with Gasteiger partial charge < -0.3 is 15.2 Å². The van der Waals surface area contributed by atoms with Crippen molar-refractivity contribution in [2.75, 3.05) is 18.9 Å². The average Bonchev–Trinajstić information content (AvgIpc) is 2.27. The molecule has 3 heteroatoms. The second-order valence-corrected chi connectivity index (χ2v) is 3.86. The molecule has 0 saturated carbocycles. The first-order chi connectivity index (χ1) is 7.74. The van der Waals surface area contributed by atoms with E-state index in [0.29, 0.717) is 25.0 Å². The van der Waals surface area contributed by atoms with Crippen molar-refractivity contribution in [1.29, 1.82) is 0 Å². The lowest BCUT2D eigenvalue weighted by molar-refractivity contribution is 0.0397. The molecular formula is C13H21NO2. The molecule has 1 rings (SSSR count). The molecule has 16 heavy (non-hydrogen) atoms. The summed E-state index contributed by atoms with van der Waals surface area (Å²) in [7, 11) is 0. The highest BCUT2D eigenvalue weighted by Crippen LogP contribution is 2.19. The van der Waals surface area contributed by atoms with E-state index >= 15 is 0 Å². The molecule has 0 heterocycles. The van der Waals surface area contributed by atoms with Crippen molar-refractivity contribution in [3.63, 3.8) is 0 Å². The summed E-state index contributed by atoms with van der Waals surface area (Å²) >= 11 is 0. The van der Waals surface area contributed by atoms with Crippen LogP contribution in [0.2, 0.25) is 0 Å². The van der Waals surface area contributed by atoms with Crippen molar-refractivity contribution in [2.24, 2.45) is 0 Å². The minimum atomic E-state index is 0.307. The number of anilines is 1. The zero-order valence-corrected chi connectivity index (χ0v) is 10.1. The molecule has 1 unspecified atom stereocenters. The van der Waals surface area contributed by atoms with Gasteiger partial charge in [0.2, 0.25) is 0 Å². The van der Waals surface area contributed by atoms with Gasteiger partial charge in [-0.15, -0.1) is 0 Å². The van der Waals surface area contributed by atoms with Crippen LogP contribution in [0.3, 0.4) is 0 Å². The second kappa shape index (κ2) is 7.12. The van der Waals surface area contributed by atoms with Crippen molar-refractivity contribution >= 4 is 5.69 Å². The number of hydrogen-bond donors (Lipinski definition) is 1. The van der Waals surface area contributed by atoms with Gasteiger partial charge in [0.1, 0.15) is 12.4 Å². The molecule has 3 nitrogen and oxygen atoms in total. The molecule has 1 aromatic rings. The predicted octanol–water partition coefficient (Wildman–Crippen LogP) is 2.85. The van der Waals surface area contributed by atoms with Crippen LogP contribution >= 0.6 is 0 Å². The van der Waals surface area contributed by atoms with Gasteiger partial charge in [0.05, 0.1) is 18.4 Å². The van der Waals surface area contributed by atoms with Crippen LogP contribution < -0.4 is 10.5 Å². The van der Waals surface area contributed by atoms with Crippen molar-refractivity contribution in [1.82, 2.24) is 0 Å². The highest BCUT2D eigenvalue weighted by atomic mass is 16.5. The molecule has 0 radical (unpaired) electrons. The first-order valence-corrected chi connectivity index (χ1v) is 5.83. The van der Waals surface area contributed by atoms with E-state index in [1.165, 1.54) is 0 Å². The fraction of sp³-hybridized carbons (Fsp3) is 0.538. The van der Waals surface area contributed by atoms with Crippen molar-refractivity contribution in [2.45, 2.75) is 32.8 Å². The van der Waals surface area contributed by atoms with Crippen molar-refractivity contribution in [3.8, 4) is 5.75 Å². The minimum absolute atomic E-state index is 0.307.